The Kier molecular flexibility index (Phi) is 5.30. The molecule has 1 unspecified atom stereocenters. The summed E-state index contributed by atoms with van der Waals surface area (Å²) in [7, 11) is 1.52. The van der Waals surface area contributed by atoms with E-state index < -0.39 is 6.10 Å². The molecule has 2 aromatic rings. The SMILES string of the molecule is COc1cc(C(C)=O)ccc1OCC(O)CN1CCc2n[nH]nc2C1. The molecular weight excluding hydrogens is 324 g/mol. The van der Waals surface area contributed by atoms with Gasteiger partial charge in [-0.2, -0.15) is 15.4 Å². The van der Waals surface area contributed by atoms with E-state index in [1.807, 2.05) is 0 Å². The summed E-state index contributed by atoms with van der Waals surface area (Å²) >= 11 is 0. The number of Topliss-reactive ketones (excluding diaryl/α,β-unsaturated/α-hetero) is 1. The lowest BCUT2D eigenvalue weighted by atomic mass is 10.1. The van der Waals surface area contributed by atoms with Gasteiger partial charge < -0.3 is 14.6 Å². The number of nitrogens with one attached hydrogen (secondary N) is 1. The number of benzene rings is 1. The number of methoxy groups -OCH3 is 1. The monoisotopic (exact) mass is 346 g/mol. The molecule has 1 aromatic heterocycles. The van der Waals surface area contributed by atoms with Crippen LogP contribution in [-0.2, 0) is 13.0 Å². The number of hydrogen-bond donors (Lipinski definition) is 2. The first kappa shape index (κ1) is 17.4. The van der Waals surface area contributed by atoms with E-state index in [2.05, 4.69) is 20.3 Å². The number of H-pyrrole nitrogens is 1. The van der Waals surface area contributed by atoms with Crippen LogP contribution in [0.4, 0.5) is 0 Å². The van der Waals surface area contributed by atoms with E-state index in [4.69, 9.17) is 9.47 Å². The number of β-amino-alcohol motifs (C(OH)–C–C–N with tert-alkyl or cyclic N) is 1. The molecule has 1 aliphatic rings. The Hall–Kier alpha value is -2.45. The largest absolute Gasteiger partial charge is 0.493 e. The zero-order chi connectivity index (χ0) is 17.8. The second-order valence-corrected chi connectivity index (χ2v) is 6.09. The summed E-state index contributed by atoms with van der Waals surface area (Å²) in [6.07, 6.45) is 0.172. The fourth-order valence-corrected chi connectivity index (χ4v) is 2.85. The van der Waals surface area contributed by atoms with Gasteiger partial charge in [-0.1, -0.05) is 0 Å². The van der Waals surface area contributed by atoms with Gasteiger partial charge in [0.2, 0.25) is 0 Å². The number of carbonyl (C=O) groups excluding carboxylic acids is 1. The molecule has 0 saturated carbocycles. The molecule has 8 heteroatoms. The summed E-state index contributed by atoms with van der Waals surface area (Å²) < 4.78 is 10.9. The number of fused-ring (bicyclic) bond motifs is 1. The molecule has 8 nitrogen and oxygen atoms in total. The topological polar surface area (TPSA) is 101 Å². The number of carbonyl (C=O) groups is 1. The van der Waals surface area contributed by atoms with Crippen molar-refractivity contribution in [3.05, 3.63) is 35.2 Å². The third kappa shape index (κ3) is 4.15. The lowest BCUT2D eigenvalue weighted by Gasteiger charge is -2.27. The molecular formula is C17H22N4O4. The lowest BCUT2D eigenvalue weighted by Crippen LogP contribution is -2.38. The van der Waals surface area contributed by atoms with Crippen LogP contribution in [0.15, 0.2) is 18.2 Å². The Bertz CT molecular complexity index is 746. The third-order valence-corrected chi connectivity index (χ3v) is 4.21. The number of aliphatic hydroxyl groups is 1. The van der Waals surface area contributed by atoms with Gasteiger partial charge in [-0.05, 0) is 25.1 Å². The van der Waals surface area contributed by atoms with E-state index in [1.165, 1.54) is 14.0 Å². The number of ether oxygens (including phenoxy) is 2. The quantitative estimate of drug-likeness (QED) is 0.716. The third-order valence-electron chi connectivity index (χ3n) is 4.21. The molecule has 2 heterocycles. The predicted octanol–water partition coefficient (Wildman–Crippen LogP) is 0.814. The fourth-order valence-electron chi connectivity index (χ4n) is 2.85. The molecule has 1 aromatic carbocycles. The van der Waals surface area contributed by atoms with Gasteiger partial charge in [0.15, 0.2) is 17.3 Å². The maximum atomic E-state index is 11.4. The molecule has 0 radical (unpaired) electrons. The number of rotatable bonds is 7. The summed E-state index contributed by atoms with van der Waals surface area (Å²) in [6, 6.07) is 5.01. The van der Waals surface area contributed by atoms with E-state index >= 15 is 0 Å². The highest BCUT2D eigenvalue weighted by atomic mass is 16.5. The molecule has 1 aliphatic heterocycles. The Balaban J connectivity index is 1.54. The van der Waals surface area contributed by atoms with E-state index in [-0.39, 0.29) is 12.4 Å². The average molecular weight is 346 g/mol. The highest BCUT2D eigenvalue weighted by molar-refractivity contribution is 5.94. The zero-order valence-electron chi connectivity index (χ0n) is 14.4. The second kappa shape index (κ2) is 7.62. The van der Waals surface area contributed by atoms with Crippen molar-refractivity contribution in [2.45, 2.75) is 26.0 Å². The molecule has 2 N–H and O–H groups in total. The summed E-state index contributed by atoms with van der Waals surface area (Å²) in [6.45, 7) is 3.61. The molecule has 0 saturated heterocycles. The van der Waals surface area contributed by atoms with Crippen molar-refractivity contribution < 1.29 is 19.4 Å². The van der Waals surface area contributed by atoms with Gasteiger partial charge in [-0.25, -0.2) is 0 Å². The second-order valence-electron chi connectivity index (χ2n) is 6.09. The van der Waals surface area contributed by atoms with Crippen molar-refractivity contribution >= 4 is 5.78 Å². The lowest BCUT2D eigenvalue weighted by molar-refractivity contribution is 0.0622. The molecule has 1 atom stereocenters. The van der Waals surface area contributed by atoms with Crippen molar-refractivity contribution in [2.24, 2.45) is 0 Å². The minimum atomic E-state index is -0.648. The van der Waals surface area contributed by atoms with Crippen LogP contribution in [0.2, 0.25) is 0 Å². The van der Waals surface area contributed by atoms with Crippen LogP contribution in [0.3, 0.4) is 0 Å². The van der Waals surface area contributed by atoms with E-state index in [1.54, 1.807) is 18.2 Å². The van der Waals surface area contributed by atoms with Crippen molar-refractivity contribution in [3.63, 3.8) is 0 Å². The number of aliphatic hydroxyl groups excluding tert-OH is 1. The van der Waals surface area contributed by atoms with Gasteiger partial charge in [-0.3, -0.25) is 9.69 Å². The number of hydrogen-bond acceptors (Lipinski definition) is 7. The molecule has 0 bridgehead atoms. The van der Waals surface area contributed by atoms with Gasteiger partial charge in [-0.15, -0.1) is 0 Å². The molecule has 0 amide bonds. The van der Waals surface area contributed by atoms with Crippen LogP contribution in [0.1, 0.15) is 28.7 Å². The van der Waals surface area contributed by atoms with Crippen LogP contribution in [0, 0.1) is 0 Å². The maximum Gasteiger partial charge on any atom is 0.161 e. The van der Waals surface area contributed by atoms with Crippen LogP contribution < -0.4 is 9.47 Å². The summed E-state index contributed by atoms with van der Waals surface area (Å²) in [5.74, 6) is 0.941. The van der Waals surface area contributed by atoms with Crippen molar-refractivity contribution in [2.75, 3.05) is 26.8 Å². The first-order valence-corrected chi connectivity index (χ1v) is 8.17. The Labute approximate surface area is 145 Å². The van der Waals surface area contributed by atoms with E-state index in [0.29, 0.717) is 30.2 Å². The Morgan fingerprint density at radius 3 is 2.92 bits per heavy atom. The standard InChI is InChI=1S/C17H22N4O4/c1-11(22)12-3-4-16(17(7-12)24-2)25-10-13(23)8-21-6-5-14-15(9-21)19-20-18-14/h3-4,7,13,23H,5-6,8-10H2,1-2H3,(H,18,19,20). The van der Waals surface area contributed by atoms with E-state index in [9.17, 15) is 9.90 Å². The smallest absolute Gasteiger partial charge is 0.161 e. The van der Waals surface area contributed by atoms with Crippen LogP contribution >= 0.6 is 0 Å². The molecule has 25 heavy (non-hydrogen) atoms. The van der Waals surface area contributed by atoms with Gasteiger partial charge in [0.25, 0.3) is 0 Å². The molecule has 0 spiro atoms. The molecule has 0 fully saturated rings. The number of aromatic nitrogens is 3. The van der Waals surface area contributed by atoms with Crippen LogP contribution in [-0.4, -0.2) is 64.1 Å². The Morgan fingerprint density at radius 2 is 2.16 bits per heavy atom. The number of nitrogens with zero attached hydrogens (tertiary/aromatic N) is 3. The van der Waals surface area contributed by atoms with Crippen molar-refractivity contribution in [3.8, 4) is 11.5 Å². The molecule has 3 rings (SSSR count). The summed E-state index contributed by atoms with van der Waals surface area (Å²) in [4.78, 5) is 13.5. The highest BCUT2D eigenvalue weighted by Crippen LogP contribution is 2.28. The first-order chi connectivity index (χ1) is 12.1. The average Bonchev–Trinajstić information content (AvgIpc) is 3.07. The normalized spacial score (nSPS) is 15.5. The van der Waals surface area contributed by atoms with E-state index in [0.717, 1.165) is 24.4 Å². The number of ketones is 1. The van der Waals surface area contributed by atoms with Crippen LogP contribution in [0.25, 0.3) is 0 Å². The van der Waals surface area contributed by atoms with Crippen molar-refractivity contribution in [1.29, 1.82) is 0 Å². The number of aromatic amines is 1. The van der Waals surface area contributed by atoms with Gasteiger partial charge in [0.1, 0.15) is 12.7 Å². The minimum Gasteiger partial charge on any atom is -0.493 e. The molecule has 134 valence electrons. The van der Waals surface area contributed by atoms with Gasteiger partial charge >= 0.3 is 0 Å². The predicted molar refractivity (Wildman–Crippen MR) is 89.9 cm³/mol. The summed E-state index contributed by atoms with van der Waals surface area (Å²) in [5, 5.41) is 21.1. The highest BCUT2D eigenvalue weighted by Gasteiger charge is 2.22. The van der Waals surface area contributed by atoms with Crippen molar-refractivity contribution in [1.82, 2.24) is 20.3 Å². The maximum absolute atomic E-state index is 11.4. The first-order valence-electron chi connectivity index (χ1n) is 8.17. The minimum absolute atomic E-state index is 0.0396. The zero-order valence-corrected chi connectivity index (χ0v) is 14.4. The van der Waals surface area contributed by atoms with Gasteiger partial charge in [0.05, 0.1) is 18.5 Å². The Morgan fingerprint density at radius 1 is 1.36 bits per heavy atom. The van der Waals surface area contributed by atoms with Gasteiger partial charge in [0, 0.05) is 31.6 Å². The fraction of sp³-hybridized carbons (Fsp3) is 0.471. The summed E-state index contributed by atoms with van der Waals surface area (Å²) in [5.41, 5.74) is 2.49. The van der Waals surface area contributed by atoms with Crippen LogP contribution in [0.5, 0.6) is 11.5 Å². The molecule has 0 aliphatic carbocycles.